The number of rotatable bonds is 5. The lowest BCUT2D eigenvalue weighted by molar-refractivity contribution is -0.268. The van der Waals surface area contributed by atoms with Crippen molar-refractivity contribution in [1.82, 2.24) is 0 Å². The van der Waals surface area contributed by atoms with Crippen LogP contribution in [0.25, 0.3) is 22.3 Å². The van der Waals surface area contributed by atoms with E-state index in [1.54, 1.807) is 0 Å². The molecule has 14 heteroatoms. The molecule has 2 aromatic carbocycles. The highest BCUT2D eigenvalue weighted by Crippen LogP contribution is 2.42. The molecular formula is C27H30O14. The molecule has 0 amide bonds. The number of aliphatic hydroxyl groups is 6. The van der Waals surface area contributed by atoms with Gasteiger partial charge in [0.15, 0.2) is 16.9 Å². The minimum Gasteiger partial charge on any atom is -0.504 e. The van der Waals surface area contributed by atoms with Gasteiger partial charge >= 0.3 is 0 Å². The van der Waals surface area contributed by atoms with E-state index in [1.807, 2.05) is 0 Å². The van der Waals surface area contributed by atoms with Crippen LogP contribution in [0.2, 0.25) is 0 Å². The van der Waals surface area contributed by atoms with Crippen LogP contribution in [0.15, 0.2) is 45.6 Å². The molecular weight excluding hydrogens is 548 g/mol. The first kappa shape index (κ1) is 29.0. The maximum absolute atomic E-state index is 12.9. The largest absolute Gasteiger partial charge is 0.504 e. The Morgan fingerprint density at radius 1 is 0.683 bits per heavy atom. The second-order valence-corrected chi connectivity index (χ2v) is 10.0. The monoisotopic (exact) mass is 578 g/mol. The van der Waals surface area contributed by atoms with E-state index in [2.05, 4.69) is 0 Å². The zero-order chi connectivity index (χ0) is 29.7. The molecule has 3 heterocycles. The Morgan fingerprint density at radius 3 is 1.78 bits per heavy atom. The molecule has 0 unspecified atom stereocenters. The number of hydrogen-bond acceptors (Lipinski definition) is 14. The van der Waals surface area contributed by atoms with Crippen LogP contribution >= 0.6 is 0 Å². The molecule has 5 rings (SSSR count). The van der Waals surface area contributed by atoms with Crippen LogP contribution < -0.4 is 14.9 Å². The number of aliphatic hydroxyl groups excluding tert-OH is 6. The van der Waals surface area contributed by atoms with Crippen molar-refractivity contribution in [2.45, 2.75) is 75.3 Å². The zero-order valence-corrected chi connectivity index (χ0v) is 21.8. The van der Waals surface area contributed by atoms with E-state index in [9.17, 15) is 45.6 Å². The van der Waals surface area contributed by atoms with Crippen LogP contribution in [0.3, 0.4) is 0 Å². The van der Waals surface area contributed by atoms with Gasteiger partial charge in [0, 0.05) is 17.7 Å². The van der Waals surface area contributed by atoms with E-state index in [0.717, 1.165) is 12.1 Å². The molecule has 2 fully saturated rings. The molecule has 2 saturated heterocycles. The van der Waals surface area contributed by atoms with Gasteiger partial charge in [-0.15, -0.1) is 0 Å². The summed E-state index contributed by atoms with van der Waals surface area (Å²) >= 11 is 0. The Hall–Kier alpha value is -3.47. The summed E-state index contributed by atoms with van der Waals surface area (Å²) in [5.41, 5.74) is -0.475. The Kier molecular flexibility index (Phi) is 7.84. The summed E-state index contributed by atoms with van der Waals surface area (Å²) in [5.74, 6) is -1.79. The topological polar surface area (TPSA) is 229 Å². The van der Waals surface area contributed by atoms with Crippen molar-refractivity contribution in [3.8, 4) is 34.3 Å². The number of fused-ring (bicyclic) bond motifs is 1. The predicted octanol–water partition coefficient (Wildman–Crippen LogP) is -0.716. The zero-order valence-electron chi connectivity index (χ0n) is 21.8. The van der Waals surface area contributed by atoms with Gasteiger partial charge in [0.2, 0.25) is 18.3 Å². The molecule has 3 aromatic rings. The van der Waals surface area contributed by atoms with Gasteiger partial charge < -0.3 is 64.2 Å². The summed E-state index contributed by atoms with van der Waals surface area (Å²) in [5, 5.41) is 80.8. The van der Waals surface area contributed by atoms with Gasteiger partial charge in [0.05, 0.1) is 12.2 Å². The maximum Gasteiger partial charge on any atom is 0.229 e. The Balaban J connectivity index is 1.41. The summed E-state index contributed by atoms with van der Waals surface area (Å²) in [4.78, 5) is 12.9. The average molecular weight is 579 g/mol. The number of ether oxygens (including phenoxy) is 4. The minimum absolute atomic E-state index is 0.0623. The molecule has 2 aliphatic rings. The van der Waals surface area contributed by atoms with Crippen molar-refractivity contribution in [2.75, 3.05) is 0 Å². The van der Waals surface area contributed by atoms with Gasteiger partial charge in [-0.25, -0.2) is 0 Å². The average Bonchev–Trinajstić information content (AvgIpc) is 2.95. The van der Waals surface area contributed by atoms with Gasteiger partial charge in [0.1, 0.15) is 59.1 Å². The molecule has 1 aromatic heterocycles. The first-order valence-electron chi connectivity index (χ1n) is 12.7. The number of hydrogen-bond donors (Lipinski definition) is 8. The Morgan fingerprint density at radius 2 is 1.22 bits per heavy atom. The first-order valence-corrected chi connectivity index (χ1v) is 12.7. The van der Waals surface area contributed by atoms with Crippen LogP contribution in [-0.2, 0) is 9.47 Å². The van der Waals surface area contributed by atoms with Crippen molar-refractivity contribution in [1.29, 1.82) is 0 Å². The molecule has 2 aliphatic heterocycles. The molecule has 14 nitrogen and oxygen atoms in total. The lowest BCUT2D eigenvalue weighted by atomic mass is 10.00. The van der Waals surface area contributed by atoms with E-state index in [0.29, 0.717) is 5.56 Å². The van der Waals surface area contributed by atoms with E-state index in [1.165, 1.54) is 38.1 Å². The number of benzene rings is 2. The van der Waals surface area contributed by atoms with Crippen LogP contribution in [0.1, 0.15) is 13.8 Å². The smallest absolute Gasteiger partial charge is 0.229 e. The van der Waals surface area contributed by atoms with Gasteiger partial charge in [-0.05, 0) is 38.1 Å². The lowest BCUT2D eigenvalue weighted by Gasteiger charge is -2.38. The highest BCUT2D eigenvalue weighted by atomic mass is 16.7. The van der Waals surface area contributed by atoms with Crippen LogP contribution in [0, 0.1) is 0 Å². The fourth-order valence-corrected chi connectivity index (χ4v) is 4.68. The molecule has 0 spiro atoms. The van der Waals surface area contributed by atoms with E-state index < -0.39 is 84.1 Å². The minimum atomic E-state index is -1.70. The molecule has 8 N–H and O–H groups in total. The third-order valence-corrected chi connectivity index (χ3v) is 7.18. The Labute approximate surface area is 231 Å². The Bertz CT molecular complexity index is 1460. The standard InChI is InChI=1S/C27H30O14/c1-9-18(29)22(33)24(35)26(37-9)39-12-5-3-11(4-6-12)14-7-13(28)17-15(40-14)8-16(20(31)21(17)32)41-27-25(36)23(34)19(30)10(2)38-27/h3-10,18-19,22-27,29-36H,1-2H3/t9-,10+,18-,19-,22+,23-,24-,25+,26-,27-/m0/s1. The number of phenolic OH excluding ortho intramolecular Hbond substituents is 2. The second kappa shape index (κ2) is 11.1. The summed E-state index contributed by atoms with van der Waals surface area (Å²) < 4.78 is 27.7. The van der Waals surface area contributed by atoms with Gasteiger partial charge in [-0.2, -0.15) is 0 Å². The van der Waals surface area contributed by atoms with Crippen molar-refractivity contribution < 1.29 is 64.2 Å². The van der Waals surface area contributed by atoms with Gasteiger partial charge in [-0.3, -0.25) is 4.79 Å². The third-order valence-electron chi connectivity index (χ3n) is 7.18. The second-order valence-electron chi connectivity index (χ2n) is 10.0. The molecule has 0 bridgehead atoms. The van der Waals surface area contributed by atoms with Crippen LogP contribution in [0.5, 0.6) is 23.0 Å². The van der Waals surface area contributed by atoms with Gasteiger partial charge in [0.25, 0.3) is 0 Å². The van der Waals surface area contributed by atoms with Crippen LogP contribution in [-0.4, -0.2) is 102 Å². The normalized spacial score (nSPS) is 34.0. The number of phenols is 2. The van der Waals surface area contributed by atoms with Crippen molar-refractivity contribution in [3.63, 3.8) is 0 Å². The predicted molar refractivity (Wildman–Crippen MR) is 137 cm³/mol. The summed E-state index contributed by atoms with van der Waals surface area (Å²) in [6.07, 6.45) is -13.4. The summed E-state index contributed by atoms with van der Waals surface area (Å²) in [6.45, 7) is 2.96. The molecule has 0 aliphatic carbocycles. The van der Waals surface area contributed by atoms with E-state index in [-0.39, 0.29) is 22.5 Å². The lowest BCUT2D eigenvalue weighted by Crippen LogP contribution is -2.58. The highest BCUT2D eigenvalue weighted by molar-refractivity contribution is 5.89. The van der Waals surface area contributed by atoms with Crippen molar-refractivity contribution in [2.24, 2.45) is 0 Å². The summed E-state index contributed by atoms with van der Waals surface area (Å²) in [6, 6.07) is 8.24. The highest BCUT2D eigenvalue weighted by Gasteiger charge is 2.44. The van der Waals surface area contributed by atoms with Crippen molar-refractivity contribution in [3.05, 3.63) is 46.6 Å². The van der Waals surface area contributed by atoms with Crippen LogP contribution in [0.4, 0.5) is 0 Å². The number of aromatic hydroxyl groups is 2. The molecule has 41 heavy (non-hydrogen) atoms. The third kappa shape index (κ3) is 5.31. The summed E-state index contributed by atoms with van der Waals surface area (Å²) in [7, 11) is 0. The van der Waals surface area contributed by atoms with Crippen molar-refractivity contribution >= 4 is 11.0 Å². The van der Waals surface area contributed by atoms with E-state index >= 15 is 0 Å². The fraction of sp³-hybridized carbons (Fsp3) is 0.444. The maximum atomic E-state index is 12.9. The van der Waals surface area contributed by atoms with E-state index in [4.69, 9.17) is 23.4 Å². The SMILES string of the molecule is C[C@@H]1O[C@@H](Oc2ccc(-c3cc(=O)c4c(O)c(O)c(O[C@@H]5O[C@H](C)[C@H](O)[C@H](O)[C@H]5O)cc4o3)cc2)[C@@H](O)[C@H](O)[C@H]1O. The molecule has 0 radical (unpaired) electrons. The molecule has 222 valence electrons. The first-order chi connectivity index (χ1) is 19.4. The molecule has 10 atom stereocenters. The molecule has 0 saturated carbocycles. The van der Waals surface area contributed by atoms with Gasteiger partial charge in [-0.1, -0.05) is 0 Å². The quantitative estimate of drug-likeness (QED) is 0.175. The fourth-order valence-electron chi connectivity index (χ4n) is 4.68.